The number of methoxy groups -OCH3 is 2. The number of aromatic nitrogens is 1. The predicted molar refractivity (Wildman–Crippen MR) is 133 cm³/mol. The van der Waals surface area contributed by atoms with E-state index in [1.165, 1.54) is 6.26 Å². The maximum absolute atomic E-state index is 12.6. The van der Waals surface area contributed by atoms with Gasteiger partial charge in [0.2, 0.25) is 12.7 Å². The second-order valence-electron chi connectivity index (χ2n) is 8.98. The Morgan fingerprint density at radius 3 is 2.78 bits per heavy atom. The molecule has 2 aromatic carbocycles. The quantitative estimate of drug-likeness (QED) is 0.416. The van der Waals surface area contributed by atoms with Crippen LogP contribution in [0.5, 0.6) is 23.0 Å². The van der Waals surface area contributed by atoms with Crippen LogP contribution in [0, 0.1) is 0 Å². The molecule has 0 spiro atoms. The number of carbonyl (C=O) groups excluding carboxylic acids is 1. The standard InChI is InChI=1S/C27H31N3O7/c1-32-20-6-8-23(33-2)19(11-20)14-30(13-18-5-7-24-25(10-18)37-17-36-24)15-26-29-22(16-35-26)27(31)28-12-21-4-3-9-34-21/h5-8,10-11,16,21H,3-4,9,12-15,17H2,1-2H3,(H,28,31). The van der Waals surface area contributed by atoms with Crippen LogP contribution in [0.4, 0.5) is 0 Å². The molecule has 196 valence electrons. The van der Waals surface area contributed by atoms with E-state index in [1.807, 2.05) is 36.4 Å². The van der Waals surface area contributed by atoms with Crippen LogP contribution in [0.15, 0.2) is 47.1 Å². The molecule has 2 aliphatic heterocycles. The van der Waals surface area contributed by atoms with Crippen LogP contribution < -0.4 is 24.3 Å². The second kappa shape index (κ2) is 11.5. The lowest BCUT2D eigenvalue weighted by atomic mass is 10.1. The summed E-state index contributed by atoms with van der Waals surface area (Å²) in [7, 11) is 3.28. The lowest BCUT2D eigenvalue weighted by molar-refractivity contribution is 0.0853. The summed E-state index contributed by atoms with van der Waals surface area (Å²) in [6, 6.07) is 11.6. The minimum Gasteiger partial charge on any atom is -0.497 e. The summed E-state index contributed by atoms with van der Waals surface area (Å²) in [5.41, 5.74) is 2.23. The van der Waals surface area contributed by atoms with E-state index in [2.05, 4.69) is 15.2 Å². The van der Waals surface area contributed by atoms with Crippen molar-refractivity contribution < 1.29 is 32.9 Å². The molecular weight excluding hydrogens is 478 g/mol. The maximum atomic E-state index is 12.6. The zero-order valence-corrected chi connectivity index (χ0v) is 21.0. The Bertz CT molecular complexity index is 1220. The molecule has 3 heterocycles. The van der Waals surface area contributed by atoms with Crippen molar-refractivity contribution in [1.82, 2.24) is 15.2 Å². The molecule has 1 unspecified atom stereocenters. The first-order valence-electron chi connectivity index (χ1n) is 12.3. The van der Waals surface area contributed by atoms with Gasteiger partial charge in [-0.25, -0.2) is 4.98 Å². The van der Waals surface area contributed by atoms with Gasteiger partial charge in [-0.3, -0.25) is 9.69 Å². The topological polar surface area (TPSA) is 105 Å². The largest absolute Gasteiger partial charge is 0.497 e. The zero-order chi connectivity index (χ0) is 25.6. The van der Waals surface area contributed by atoms with Gasteiger partial charge in [-0.2, -0.15) is 0 Å². The van der Waals surface area contributed by atoms with Crippen LogP contribution in [0.2, 0.25) is 0 Å². The smallest absolute Gasteiger partial charge is 0.273 e. The molecule has 0 radical (unpaired) electrons. The van der Waals surface area contributed by atoms with Gasteiger partial charge >= 0.3 is 0 Å². The average molecular weight is 510 g/mol. The molecule has 0 aliphatic carbocycles. The highest BCUT2D eigenvalue weighted by Crippen LogP contribution is 2.33. The van der Waals surface area contributed by atoms with Crippen LogP contribution in [0.25, 0.3) is 0 Å². The second-order valence-corrected chi connectivity index (χ2v) is 8.98. The molecule has 1 fully saturated rings. The van der Waals surface area contributed by atoms with Gasteiger partial charge in [0.1, 0.15) is 17.8 Å². The summed E-state index contributed by atoms with van der Waals surface area (Å²) in [5, 5.41) is 2.88. The van der Waals surface area contributed by atoms with Crippen LogP contribution in [0.3, 0.4) is 0 Å². The van der Waals surface area contributed by atoms with Crippen molar-refractivity contribution in [3.8, 4) is 23.0 Å². The molecule has 0 saturated carbocycles. The molecule has 0 bridgehead atoms. The van der Waals surface area contributed by atoms with Crippen LogP contribution in [0.1, 0.15) is 40.3 Å². The van der Waals surface area contributed by atoms with Crippen molar-refractivity contribution in [1.29, 1.82) is 0 Å². The molecular formula is C27H31N3O7. The fourth-order valence-electron chi connectivity index (χ4n) is 4.49. The Morgan fingerprint density at radius 2 is 1.97 bits per heavy atom. The van der Waals surface area contributed by atoms with Gasteiger partial charge in [0.25, 0.3) is 5.91 Å². The first kappa shape index (κ1) is 24.9. The Balaban J connectivity index is 1.32. The highest BCUT2D eigenvalue weighted by Gasteiger charge is 2.21. The van der Waals surface area contributed by atoms with Crippen LogP contribution in [-0.4, -0.2) is 56.1 Å². The van der Waals surface area contributed by atoms with Crippen molar-refractivity contribution in [2.24, 2.45) is 0 Å². The number of nitrogens with zero attached hydrogens (tertiary/aromatic N) is 2. The molecule has 1 saturated heterocycles. The summed E-state index contributed by atoms with van der Waals surface area (Å²) in [6.45, 7) is 2.89. The lowest BCUT2D eigenvalue weighted by Gasteiger charge is -2.22. The van der Waals surface area contributed by atoms with Crippen molar-refractivity contribution in [2.75, 3.05) is 34.2 Å². The predicted octanol–water partition coefficient (Wildman–Crippen LogP) is 3.53. The van der Waals surface area contributed by atoms with E-state index in [0.29, 0.717) is 32.1 Å². The van der Waals surface area contributed by atoms with Gasteiger partial charge in [0.15, 0.2) is 17.2 Å². The molecule has 1 atom stereocenters. The number of amides is 1. The van der Waals surface area contributed by atoms with Gasteiger partial charge in [-0.15, -0.1) is 0 Å². The number of hydrogen-bond acceptors (Lipinski definition) is 9. The number of fused-ring (bicyclic) bond motifs is 1. The first-order valence-corrected chi connectivity index (χ1v) is 12.3. The minimum absolute atomic E-state index is 0.0605. The number of oxazole rings is 1. The Kier molecular flexibility index (Phi) is 7.76. The number of carbonyl (C=O) groups is 1. The molecule has 1 amide bonds. The molecule has 37 heavy (non-hydrogen) atoms. The van der Waals surface area contributed by atoms with Crippen molar-refractivity contribution in [3.63, 3.8) is 0 Å². The van der Waals surface area contributed by atoms with Crippen LogP contribution >= 0.6 is 0 Å². The fourth-order valence-corrected chi connectivity index (χ4v) is 4.49. The molecule has 1 N–H and O–H groups in total. The SMILES string of the molecule is COc1ccc(OC)c(CN(Cc2ccc3c(c2)OCO3)Cc2nc(C(=O)NCC3CCCO3)co2)c1. The van der Waals surface area contributed by atoms with Gasteiger partial charge < -0.3 is 33.4 Å². The first-order chi connectivity index (χ1) is 18.1. The van der Waals surface area contributed by atoms with Gasteiger partial charge in [-0.1, -0.05) is 6.07 Å². The molecule has 3 aromatic rings. The molecule has 5 rings (SSSR count). The summed E-state index contributed by atoms with van der Waals surface area (Å²) in [5.74, 6) is 3.10. The Hall–Kier alpha value is -3.76. The minimum atomic E-state index is -0.276. The van der Waals surface area contributed by atoms with E-state index in [1.54, 1.807) is 14.2 Å². The Morgan fingerprint density at radius 1 is 1.08 bits per heavy atom. The van der Waals surface area contributed by atoms with E-state index in [4.69, 9.17) is 28.1 Å². The van der Waals surface area contributed by atoms with Gasteiger partial charge in [-0.05, 0) is 48.7 Å². The van der Waals surface area contributed by atoms with E-state index >= 15 is 0 Å². The number of benzene rings is 2. The van der Waals surface area contributed by atoms with E-state index in [0.717, 1.165) is 53.6 Å². The summed E-state index contributed by atoms with van der Waals surface area (Å²) in [4.78, 5) is 19.2. The van der Waals surface area contributed by atoms with E-state index in [9.17, 15) is 4.79 Å². The monoisotopic (exact) mass is 509 g/mol. The normalized spacial score (nSPS) is 16.2. The molecule has 2 aliphatic rings. The van der Waals surface area contributed by atoms with Gasteiger partial charge in [0, 0.05) is 31.8 Å². The fraction of sp³-hybridized carbons (Fsp3) is 0.407. The number of rotatable bonds is 11. The summed E-state index contributed by atoms with van der Waals surface area (Å²) in [6.07, 6.45) is 3.43. The van der Waals surface area contributed by atoms with Crippen molar-refractivity contribution >= 4 is 5.91 Å². The van der Waals surface area contributed by atoms with Crippen LogP contribution in [-0.2, 0) is 24.4 Å². The third kappa shape index (κ3) is 6.15. The average Bonchev–Trinajstić information content (AvgIpc) is 3.69. The summed E-state index contributed by atoms with van der Waals surface area (Å²) >= 11 is 0. The highest BCUT2D eigenvalue weighted by atomic mass is 16.7. The molecule has 1 aromatic heterocycles. The van der Waals surface area contributed by atoms with E-state index < -0.39 is 0 Å². The molecule has 10 nitrogen and oxygen atoms in total. The zero-order valence-electron chi connectivity index (χ0n) is 21.0. The maximum Gasteiger partial charge on any atom is 0.273 e. The van der Waals surface area contributed by atoms with Crippen molar-refractivity contribution in [3.05, 3.63) is 65.4 Å². The third-order valence-corrected chi connectivity index (χ3v) is 6.38. The highest BCUT2D eigenvalue weighted by molar-refractivity contribution is 5.91. The van der Waals surface area contributed by atoms with Gasteiger partial charge in [0.05, 0.1) is 26.9 Å². The number of ether oxygens (including phenoxy) is 5. The van der Waals surface area contributed by atoms with Crippen molar-refractivity contribution in [2.45, 2.75) is 38.6 Å². The summed E-state index contributed by atoms with van der Waals surface area (Å²) < 4.78 is 33.3. The Labute approximate surface area is 215 Å². The number of nitrogens with one attached hydrogen (secondary N) is 1. The molecule has 10 heteroatoms. The number of hydrogen-bond donors (Lipinski definition) is 1. The van der Waals surface area contributed by atoms with E-state index in [-0.39, 0.29) is 24.5 Å². The lowest BCUT2D eigenvalue weighted by Crippen LogP contribution is -2.32. The third-order valence-electron chi connectivity index (χ3n) is 6.38.